The van der Waals surface area contributed by atoms with Gasteiger partial charge in [0.05, 0.1) is 11.9 Å². The monoisotopic (exact) mass is 465 g/mol. The topological polar surface area (TPSA) is 86.8 Å². The Morgan fingerprint density at radius 3 is 2.35 bits per heavy atom. The molecule has 0 heterocycles. The van der Waals surface area contributed by atoms with Crippen LogP contribution in [-0.4, -0.2) is 50.5 Å². The molecule has 0 aliphatic carbocycles. The molecule has 7 nitrogen and oxygen atoms in total. The van der Waals surface area contributed by atoms with E-state index in [1.807, 2.05) is 30.3 Å². The lowest BCUT2D eigenvalue weighted by Crippen LogP contribution is -2.51. The summed E-state index contributed by atoms with van der Waals surface area (Å²) < 4.78 is 26.1. The predicted octanol–water partition coefficient (Wildman–Crippen LogP) is 2.97. The zero-order valence-electron chi connectivity index (χ0n) is 18.1. The average Bonchev–Trinajstić information content (AvgIpc) is 2.71. The van der Waals surface area contributed by atoms with Crippen molar-refractivity contribution >= 4 is 39.1 Å². The van der Waals surface area contributed by atoms with Crippen LogP contribution in [0.2, 0.25) is 5.02 Å². The standard InChI is InChI=1S/C22H28ClN3O4S/c1-5-24-22(28)17(3)25(14-18-9-7-6-8-10-18)21(27)15-26(31(4,29)30)20-13-19(23)12-11-16(20)2/h6-13,17H,5,14-15H2,1-4H3,(H,24,28)/t17-/m1/s1. The molecule has 0 aromatic heterocycles. The molecule has 0 spiro atoms. The van der Waals surface area contributed by atoms with E-state index in [9.17, 15) is 18.0 Å². The van der Waals surface area contributed by atoms with Crippen molar-refractivity contribution in [2.75, 3.05) is 23.7 Å². The molecule has 9 heteroatoms. The molecule has 0 aliphatic heterocycles. The maximum Gasteiger partial charge on any atom is 0.244 e. The van der Waals surface area contributed by atoms with E-state index in [-0.39, 0.29) is 12.5 Å². The van der Waals surface area contributed by atoms with Crippen LogP contribution < -0.4 is 9.62 Å². The molecule has 2 aromatic carbocycles. The second kappa shape index (κ2) is 10.6. The van der Waals surface area contributed by atoms with Crippen LogP contribution in [0.3, 0.4) is 0 Å². The van der Waals surface area contributed by atoms with Crippen molar-refractivity contribution in [1.29, 1.82) is 0 Å². The molecule has 0 aliphatic rings. The van der Waals surface area contributed by atoms with E-state index in [1.165, 1.54) is 11.0 Å². The Kier molecular flexibility index (Phi) is 8.47. The van der Waals surface area contributed by atoms with Gasteiger partial charge in [-0.15, -0.1) is 0 Å². The van der Waals surface area contributed by atoms with Gasteiger partial charge in [0.2, 0.25) is 21.8 Å². The minimum absolute atomic E-state index is 0.171. The third-order valence-corrected chi connectivity index (χ3v) is 6.19. The normalized spacial score (nSPS) is 12.2. The number of benzene rings is 2. The van der Waals surface area contributed by atoms with Gasteiger partial charge in [0.25, 0.3) is 0 Å². The molecule has 2 aromatic rings. The van der Waals surface area contributed by atoms with Gasteiger partial charge in [-0.25, -0.2) is 8.42 Å². The molecule has 0 saturated heterocycles. The summed E-state index contributed by atoms with van der Waals surface area (Å²) in [6.45, 7) is 5.31. The van der Waals surface area contributed by atoms with Crippen molar-refractivity contribution in [2.45, 2.75) is 33.4 Å². The smallest absolute Gasteiger partial charge is 0.244 e. The third kappa shape index (κ3) is 6.70. The fraction of sp³-hybridized carbons (Fsp3) is 0.364. The van der Waals surface area contributed by atoms with E-state index in [4.69, 9.17) is 11.6 Å². The minimum atomic E-state index is -3.79. The van der Waals surface area contributed by atoms with E-state index in [0.717, 1.165) is 16.1 Å². The SMILES string of the molecule is CCNC(=O)[C@@H](C)N(Cc1ccccc1)C(=O)CN(c1cc(Cl)ccc1C)S(C)(=O)=O. The largest absolute Gasteiger partial charge is 0.355 e. The van der Waals surface area contributed by atoms with Crippen molar-refractivity contribution in [2.24, 2.45) is 0 Å². The Hall–Kier alpha value is -2.58. The third-order valence-electron chi connectivity index (χ3n) is 4.83. The molecule has 0 radical (unpaired) electrons. The average molecular weight is 466 g/mol. The van der Waals surface area contributed by atoms with Gasteiger partial charge >= 0.3 is 0 Å². The lowest BCUT2D eigenvalue weighted by atomic mass is 10.1. The van der Waals surface area contributed by atoms with Gasteiger partial charge in [0.15, 0.2) is 0 Å². The fourth-order valence-corrected chi connectivity index (χ4v) is 4.20. The van der Waals surface area contributed by atoms with Gasteiger partial charge in [0.1, 0.15) is 12.6 Å². The molecule has 0 saturated carbocycles. The number of halogens is 1. The summed E-state index contributed by atoms with van der Waals surface area (Å²) >= 11 is 6.07. The Morgan fingerprint density at radius 2 is 1.77 bits per heavy atom. The van der Waals surface area contributed by atoms with Gasteiger partial charge in [-0.2, -0.15) is 0 Å². The highest BCUT2D eigenvalue weighted by Crippen LogP contribution is 2.26. The van der Waals surface area contributed by atoms with Crippen molar-refractivity contribution in [3.63, 3.8) is 0 Å². The van der Waals surface area contributed by atoms with Crippen LogP contribution in [0.25, 0.3) is 0 Å². The molecule has 0 unspecified atom stereocenters. The molecule has 168 valence electrons. The lowest BCUT2D eigenvalue weighted by Gasteiger charge is -2.31. The first-order valence-electron chi connectivity index (χ1n) is 9.89. The number of sulfonamides is 1. The summed E-state index contributed by atoms with van der Waals surface area (Å²) in [5, 5.41) is 3.08. The van der Waals surface area contributed by atoms with Gasteiger partial charge in [0, 0.05) is 18.1 Å². The van der Waals surface area contributed by atoms with Gasteiger partial charge in [-0.05, 0) is 44.0 Å². The van der Waals surface area contributed by atoms with Crippen LogP contribution in [0.15, 0.2) is 48.5 Å². The fourth-order valence-electron chi connectivity index (χ4n) is 3.13. The molecule has 1 N–H and O–H groups in total. The molecule has 1 atom stereocenters. The molecule has 0 bridgehead atoms. The van der Waals surface area contributed by atoms with Gasteiger partial charge in [-0.1, -0.05) is 48.0 Å². The second-order valence-electron chi connectivity index (χ2n) is 7.28. The van der Waals surface area contributed by atoms with Gasteiger partial charge in [-0.3, -0.25) is 13.9 Å². The number of carbonyl (C=O) groups excluding carboxylic acids is 2. The molecule has 31 heavy (non-hydrogen) atoms. The lowest BCUT2D eigenvalue weighted by molar-refractivity contribution is -0.139. The number of aryl methyl sites for hydroxylation is 1. The summed E-state index contributed by atoms with van der Waals surface area (Å²) in [5.41, 5.74) is 1.82. The highest BCUT2D eigenvalue weighted by atomic mass is 35.5. The zero-order chi connectivity index (χ0) is 23.2. The minimum Gasteiger partial charge on any atom is -0.355 e. The number of hydrogen-bond acceptors (Lipinski definition) is 4. The quantitative estimate of drug-likeness (QED) is 0.616. The van der Waals surface area contributed by atoms with Crippen molar-refractivity contribution < 1.29 is 18.0 Å². The van der Waals surface area contributed by atoms with E-state index in [1.54, 1.807) is 32.9 Å². The van der Waals surface area contributed by atoms with Crippen molar-refractivity contribution in [1.82, 2.24) is 10.2 Å². The Morgan fingerprint density at radius 1 is 1.13 bits per heavy atom. The summed E-state index contributed by atoms with van der Waals surface area (Å²) in [6.07, 6.45) is 1.04. The first kappa shape index (κ1) is 24.7. The van der Waals surface area contributed by atoms with Crippen LogP contribution in [0, 0.1) is 6.92 Å². The van der Waals surface area contributed by atoms with Crippen LogP contribution in [0.4, 0.5) is 5.69 Å². The van der Waals surface area contributed by atoms with E-state index in [2.05, 4.69) is 5.32 Å². The number of likely N-dealkylation sites (N-methyl/N-ethyl adjacent to an activating group) is 1. The van der Waals surface area contributed by atoms with Crippen molar-refractivity contribution in [3.8, 4) is 0 Å². The number of carbonyl (C=O) groups is 2. The van der Waals surface area contributed by atoms with Gasteiger partial charge < -0.3 is 10.2 Å². The van der Waals surface area contributed by atoms with E-state index >= 15 is 0 Å². The Bertz CT molecular complexity index is 1030. The maximum absolute atomic E-state index is 13.3. The molecular formula is C22H28ClN3O4S. The maximum atomic E-state index is 13.3. The second-order valence-corrected chi connectivity index (χ2v) is 9.62. The predicted molar refractivity (Wildman–Crippen MR) is 124 cm³/mol. The van der Waals surface area contributed by atoms with Crippen molar-refractivity contribution in [3.05, 3.63) is 64.7 Å². The number of amides is 2. The summed E-state index contributed by atoms with van der Waals surface area (Å²) in [5.74, 6) is -0.802. The molecule has 0 fully saturated rings. The van der Waals surface area contributed by atoms with Crippen LogP contribution in [-0.2, 0) is 26.2 Å². The van der Waals surface area contributed by atoms with Crippen LogP contribution in [0.5, 0.6) is 0 Å². The number of rotatable bonds is 9. The highest BCUT2D eigenvalue weighted by Gasteiger charge is 2.30. The first-order valence-corrected chi connectivity index (χ1v) is 12.1. The molecule has 2 amide bonds. The molecule has 2 rings (SSSR count). The van der Waals surface area contributed by atoms with E-state index < -0.39 is 28.5 Å². The summed E-state index contributed by atoms with van der Waals surface area (Å²) in [7, 11) is -3.79. The number of nitrogens with zero attached hydrogens (tertiary/aromatic N) is 2. The van der Waals surface area contributed by atoms with E-state index in [0.29, 0.717) is 22.8 Å². The Balaban J connectivity index is 2.41. The molecular weight excluding hydrogens is 438 g/mol. The highest BCUT2D eigenvalue weighted by molar-refractivity contribution is 7.92. The summed E-state index contributed by atoms with van der Waals surface area (Å²) in [6, 6.07) is 13.3. The van der Waals surface area contributed by atoms with Crippen LogP contribution in [0.1, 0.15) is 25.0 Å². The zero-order valence-corrected chi connectivity index (χ0v) is 19.7. The first-order chi connectivity index (χ1) is 14.5. The summed E-state index contributed by atoms with van der Waals surface area (Å²) in [4.78, 5) is 27.2. The number of anilines is 1. The van der Waals surface area contributed by atoms with Crippen LogP contribution >= 0.6 is 11.6 Å². The number of nitrogens with one attached hydrogen (secondary N) is 1. The Labute approximate surface area is 189 Å². The number of hydrogen-bond donors (Lipinski definition) is 1.